The second kappa shape index (κ2) is 13.0. The van der Waals surface area contributed by atoms with E-state index in [4.69, 9.17) is 9.16 Å². The standard InChI is InChI=1S/C31H42O2Si/c1-25(2)15-14-16-26(3)23-28-17-12-13-22-31(27(4)24-32-5)34(33-28,29-18-8-6-9-19-29)30-20-10-7-11-21-30/h6-11,15,18-22,26,28H,4,12-14,16-17,23-24H2,1-3,5H3/b31-22-/t26-,28?/m1/s1. The molecule has 0 radical (unpaired) electrons. The number of allylic oxidation sites excluding steroid dienone is 3. The molecule has 0 saturated carbocycles. The fourth-order valence-corrected chi connectivity index (χ4v) is 9.50. The number of benzene rings is 2. The van der Waals surface area contributed by atoms with Crippen molar-refractivity contribution in [1.29, 1.82) is 0 Å². The lowest BCUT2D eigenvalue weighted by Crippen LogP contribution is -2.64. The van der Waals surface area contributed by atoms with Crippen LogP contribution in [0.15, 0.2) is 95.7 Å². The molecule has 0 N–H and O–H groups in total. The van der Waals surface area contributed by atoms with Crippen LogP contribution in [0, 0.1) is 5.92 Å². The summed E-state index contributed by atoms with van der Waals surface area (Å²) in [6.45, 7) is 11.8. The number of hydrogen-bond donors (Lipinski definition) is 0. The SMILES string of the molecule is C=C(COC)/C1=C/CCCC(C[C@H](C)CCC=C(C)C)O[Si]1(c1ccccc1)c1ccccc1. The Bertz CT molecular complexity index is 918. The molecule has 34 heavy (non-hydrogen) atoms. The average Bonchev–Trinajstić information content (AvgIpc) is 2.82. The van der Waals surface area contributed by atoms with Crippen molar-refractivity contribution in [3.63, 3.8) is 0 Å². The summed E-state index contributed by atoms with van der Waals surface area (Å²) in [5.41, 5.74) is 2.44. The number of ether oxygens (including phenoxy) is 1. The maximum Gasteiger partial charge on any atom is 0.288 e. The molecule has 3 heteroatoms. The molecular weight excluding hydrogens is 432 g/mol. The van der Waals surface area contributed by atoms with E-state index >= 15 is 0 Å². The van der Waals surface area contributed by atoms with E-state index in [1.165, 1.54) is 27.6 Å². The molecule has 2 atom stereocenters. The molecule has 0 fully saturated rings. The summed E-state index contributed by atoms with van der Waals surface area (Å²) in [6, 6.07) is 21.8. The summed E-state index contributed by atoms with van der Waals surface area (Å²) in [4.78, 5) is 0. The van der Waals surface area contributed by atoms with Crippen LogP contribution in [0.1, 0.15) is 59.3 Å². The molecule has 1 aliphatic rings. The first-order chi connectivity index (χ1) is 16.5. The van der Waals surface area contributed by atoms with Crippen LogP contribution in [0.3, 0.4) is 0 Å². The van der Waals surface area contributed by atoms with E-state index in [-0.39, 0.29) is 6.10 Å². The molecule has 1 aliphatic heterocycles. The average molecular weight is 475 g/mol. The third-order valence-electron chi connectivity index (χ3n) is 6.74. The predicted molar refractivity (Wildman–Crippen MR) is 148 cm³/mol. The second-order valence-electron chi connectivity index (χ2n) is 9.94. The Morgan fingerprint density at radius 1 is 1.09 bits per heavy atom. The number of rotatable bonds is 10. The van der Waals surface area contributed by atoms with E-state index in [1.807, 2.05) is 0 Å². The van der Waals surface area contributed by atoms with Gasteiger partial charge in [-0.05, 0) is 79.4 Å². The van der Waals surface area contributed by atoms with E-state index in [9.17, 15) is 0 Å². The van der Waals surface area contributed by atoms with Gasteiger partial charge in [-0.2, -0.15) is 0 Å². The largest absolute Gasteiger partial charge is 0.401 e. The van der Waals surface area contributed by atoms with Crippen LogP contribution in [0.4, 0.5) is 0 Å². The Kier molecular flexibility index (Phi) is 10.1. The van der Waals surface area contributed by atoms with E-state index < -0.39 is 8.32 Å². The Morgan fingerprint density at radius 3 is 2.26 bits per heavy atom. The first kappa shape index (κ1) is 26.4. The molecule has 2 aromatic carbocycles. The smallest absolute Gasteiger partial charge is 0.288 e. The highest BCUT2D eigenvalue weighted by atomic mass is 28.4. The summed E-state index contributed by atoms with van der Waals surface area (Å²) >= 11 is 0. The highest BCUT2D eigenvalue weighted by Crippen LogP contribution is 2.32. The van der Waals surface area contributed by atoms with Crippen LogP contribution in [-0.2, 0) is 9.16 Å². The van der Waals surface area contributed by atoms with Crippen molar-refractivity contribution in [2.75, 3.05) is 13.7 Å². The van der Waals surface area contributed by atoms with Gasteiger partial charge < -0.3 is 9.16 Å². The first-order valence-corrected chi connectivity index (χ1v) is 14.7. The minimum absolute atomic E-state index is 0.229. The summed E-state index contributed by atoms with van der Waals surface area (Å²) in [7, 11) is -1.01. The van der Waals surface area contributed by atoms with Gasteiger partial charge in [0.25, 0.3) is 8.32 Å². The summed E-state index contributed by atoms with van der Waals surface area (Å²) in [5, 5.41) is 3.84. The second-order valence-corrected chi connectivity index (χ2v) is 13.2. The monoisotopic (exact) mass is 474 g/mol. The van der Waals surface area contributed by atoms with Gasteiger partial charge in [0.1, 0.15) is 0 Å². The molecule has 0 bridgehead atoms. The molecule has 182 valence electrons. The zero-order valence-corrected chi connectivity index (χ0v) is 22.6. The maximum atomic E-state index is 7.47. The van der Waals surface area contributed by atoms with Crippen molar-refractivity contribution in [3.05, 3.63) is 95.7 Å². The van der Waals surface area contributed by atoms with Crippen molar-refractivity contribution in [3.8, 4) is 0 Å². The van der Waals surface area contributed by atoms with Crippen molar-refractivity contribution in [1.82, 2.24) is 0 Å². The van der Waals surface area contributed by atoms with Crippen molar-refractivity contribution in [2.24, 2.45) is 5.92 Å². The van der Waals surface area contributed by atoms with Crippen molar-refractivity contribution in [2.45, 2.75) is 65.4 Å². The number of hydrogen-bond acceptors (Lipinski definition) is 2. The quantitative estimate of drug-likeness (QED) is 0.280. The summed E-state index contributed by atoms with van der Waals surface area (Å²) in [5.74, 6) is 0.618. The molecule has 0 spiro atoms. The lowest BCUT2D eigenvalue weighted by atomic mass is 9.95. The van der Waals surface area contributed by atoms with Gasteiger partial charge in [-0.1, -0.05) is 91.9 Å². The predicted octanol–water partition coefficient (Wildman–Crippen LogP) is 6.76. The molecule has 0 aliphatic carbocycles. The van der Waals surface area contributed by atoms with Crippen LogP contribution < -0.4 is 10.4 Å². The summed E-state index contributed by atoms with van der Waals surface area (Å²) < 4.78 is 13.0. The minimum atomic E-state index is -2.76. The minimum Gasteiger partial charge on any atom is -0.401 e. The van der Waals surface area contributed by atoms with Crippen LogP contribution in [0.2, 0.25) is 0 Å². The van der Waals surface area contributed by atoms with Crippen molar-refractivity contribution >= 4 is 18.7 Å². The molecule has 0 aromatic heterocycles. The lowest BCUT2D eigenvalue weighted by molar-refractivity contribution is 0.153. The zero-order chi connectivity index (χ0) is 24.4. The molecule has 1 heterocycles. The topological polar surface area (TPSA) is 18.5 Å². The highest BCUT2D eigenvalue weighted by molar-refractivity contribution is 7.03. The van der Waals surface area contributed by atoms with Gasteiger partial charge in [-0.3, -0.25) is 0 Å². The van der Waals surface area contributed by atoms with Gasteiger partial charge in [0.15, 0.2) is 0 Å². The van der Waals surface area contributed by atoms with Gasteiger partial charge in [0.2, 0.25) is 0 Å². The van der Waals surface area contributed by atoms with Crippen LogP contribution in [-0.4, -0.2) is 28.1 Å². The van der Waals surface area contributed by atoms with Gasteiger partial charge in [-0.25, -0.2) is 0 Å². The first-order valence-electron chi connectivity index (χ1n) is 12.8. The lowest BCUT2D eigenvalue weighted by Gasteiger charge is -2.40. The van der Waals surface area contributed by atoms with E-state index in [2.05, 4.69) is 100 Å². The van der Waals surface area contributed by atoms with E-state index in [0.717, 1.165) is 37.7 Å². The van der Waals surface area contributed by atoms with Gasteiger partial charge in [-0.15, -0.1) is 0 Å². The molecule has 3 rings (SSSR count). The van der Waals surface area contributed by atoms with Gasteiger partial charge in [0, 0.05) is 13.2 Å². The third-order valence-corrected chi connectivity index (χ3v) is 11.0. The van der Waals surface area contributed by atoms with Crippen LogP contribution in [0.5, 0.6) is 0 Å². The molecule has 1 unspecified atom stereocenters. The van der Waals surface area contributed by atoms with Crippen LogP contribution >= 0.6 is 0 Å². The van der Waals surface area contributed by atoms with E-state index in [1.54, 1.807) is 7.11 Å². The Balaban J connectivity index is 2.07. The molecule has 2 nitrogen and oxygen atoms in total. The highest BCUT2D eigenvalue weighted by Gasteiger charge is 2.46. The fraction of sp³-hybridized carbons (Fsp3) is 0.419. The van der Waals surface area contributed by atoms with Crippen molar-refractivity contribution < 1.29 is 9.16 Å². The molecule has 0 saturated heterocycles. The number of methoxy groups -OCH3 is 1. The summed E-state index contributed by atoms with van der Waals surface area (Å²) in [6.07, 6.45) is 11.7. The zero-order valence-electron chi connectivity index (χ0n) is 21.6. The molecular formula is C31H42O2Si. The molecule has 0 amide bonds. The van der Waals surface area contributed by atoms with Gasteiger partial charge in [0.05, 0.1) is 6.61 Å². The maximum absolute atomic E-state index is 7.47. The normalized spacial score (nSPS) is 20.4. The van der Waals surface area contributed by atoms with E-state index in [0.29, 0.717) is 12.5 Å². The van der Waals surface area contributed by atoms with Gasteiger partial charge >= 0.3 is 0 Å². The Morgan fingerprint density at radius 2 is 1.71 bits per heavy atom. The Labute approximate surface area is 208 Å². The fourth-order valence-electron chi connectivity index (χ4n) is 5.10. The molecule has 2 aromatic rings. The Hall–Kier alpha value is -2.20. The van der Waals surface area contributed by atoms with Crippen LogP contribution in [0.25, 0.3) is 0 Å². The third kappa shape index (κ3) is 6.68.